The summed E-state index contributed by atoms with van der Waals surface area (Å²) in [5.41, 5.74) is 3.14. The molecule has 5 nitrogen and oxygen atoms in total. The predicted molar refractivity (Wildman–Crippen MR) is 116 cm³/mol. The lowest BCUT2D eigenvalue weighted by atomic mass is 10.2. The standard InChI is InChI=1S/C22H16Cl2N4O/c1-14-7-5-6-10-19(14)25-22(29)20-26-21(15-8-3-2-4-9-15)28(27-20)16-11-12-17(23)18(24)13-16/h2-13H,1H3,(H,25,29). The first-order valence-electron chi connectivity index (χ1n) is 8.88. The van der Waals surface area contributed by atoms with Crippen LogP contribution in [-0.2, 0) is 0 Å². The first-order chi connectivity index (χ1) is 14.0. The summed E-state index contributed by atoms with van der Waals surface area (Å²) in [7, 11) is 0. The quantitative estimate of drug-likeness (QED) is 0.451. The van der Waals surface area contributed by atoms with E-state index in [-0.39, 0.29) is 5.82 Å². The van der Waals surface area contributed by atoms with Crippen molar-refractivity contribution < 1.29 is 4.79 Å². The topological polar surface area (TPSA) is 59.8 Å². The van der Waals surface area contributed by atoms with E-state index in [0.717, 1.165) is 11.1 Å². The van der Waals surface area contributed by atoms with Crippen LogP contribution in [0.5, 0.6) is 0 Å². The van der Waals surface area contributed by atoms with Crippen molar-refractivity contribution >= 4 is 34.8 Å². The van der Waals surface area contributed by atoms with Crippen LogP contribution >= 0.6 is 23.2 Å². The molecule has 7 heteroatoms. The molecule has 0 aliphatic rings. The molecule has 0 fully saturated rings. The average Bonchev–Trinajstić information content (AvgIpc) is 3.18. The Kier molecular flexibility index (Phi) is 5.34. The molecular weight excluding hydrogens is 407 g/mol. The highest BCUT2D eigenvalue weighted by molar-refractivity contribution is 6.42. The molecule has 0 aliphatic carbocycles. The second kappa shape index (κ2) is 8.07. The number of aromatic nitrogens is 3. The minimum absolute atomic E-state index is 0.0539. The summed E-state index contributed by atoms with van der Waals surface area (Å²) in [6.45, 7) is 1.92. The Bertz CT molecular complexity index is 1190. The molecule has 1 aromatic heterocycles. The number of anilines is 1. The van der Waals surface area contributed by atoms with E-state index in [1.807, 2.05) is 61.5 Å². The molecule has 1 N–H and O–H groups in total. The average molecular weight is 423 g/mol. The van der Waals surface area contributed by atoms with Gasteiger partial charge in [-0.3, -0.25) is 4.79 Å². The van der Waals surface area contributed by atoms with Crippen molar-refractivity contribution in [1.29, 1.82) is 0 Å². The number of halogens is 2. The number of hydrogen-bond acceptors (Lipinski definition) is 3. The molecule has 29 heavy (non-hydrogen) atoms. The van der Waals surface area contributed by atoms with E-state index in [1.165, 1.54) is 0 Å². The Morgan fingerprint density at radius 1 is 0.931 bits per heavy atom. The lowest BCUT2D eigenvalue weighted by Gasteiger charge is -2.07. The van der Waals surface area contributed by atoms with Crippen molar-refractivity contribution in [2.45, 2.75) is 6.92 Å². The number of carbonyl (C=O) groups is 1. The molecule has 0 spiro atoms. The second-order valence-corrected chi connectivity index (χ2v) is 7.22. The maximum Gasteiger partial charge on any atom is 0.295 e. The summed E-state index contributed by atoms with van der Waals surface area (Å²) in [5, 5.41) is 8.14. The number of rotatable bonds is 4. The van der Waals surface area contributed by atoms with Gasteiger partial charge >= 0.3 is 0 Å². The van der Waals surface area contributed by atoms with E-state index in [2.05, 4.69) is 15.4 Å². The minimum atomic E-state index is -0.393. The third-order valence-corrected chi connectivity index (χ3v) is 5.12. The smallest absolute Gasteiger partial charge is 0.295 e. The maximum atomic E-state index is 12.8. The van der Waals surface area contributed by atoms with E-state index < -0.39 is 5.91 Å². The number of aryl methyl sites for hydroxylation is 1. The van der Waals surface area contributed by atoms with Gasteiger partial charge in [0.2, 0.25) is 5.82 Å². The molecule has 0 unspecified atom stereocenters. The predicted octanol–water partition coefficient (Wildman–Crippen LogP) is 5.80. The Morgan fingerprint density at radius 3 is 2.38 bits per heavy atom. The number of para-hydroxylation sites is 1. The van der Waals surface area contributed by atoms with Gasteiger partial charge in [-0.05, 0) is 36.8 Å². The lowest BCUT2D eigenvalue weighted by Crippen LogP contribution is -2.15. The van der Waals surface area contributed by atoms with Gasteiger partial charge in [-0.15, -0.1) is 5.10 Å². The van der Waals surface area contributed by atoms with Crippen molar-refractivity contribution in [2.75, 3.05) is 5.32 Å². The van der Waals surface area contributed by atoms with Gasteiger partial charge < -0.3 is 5.32 Å². The molecule has 0 aliphatic heterocycles. The summed E-state index contributed by atoms with van der Waals surface area (Å²) in [6.07, 6.45) is 0. The minimum Gasteiger partial charge on any atom is -0.319 e. The largest absolute Gasteiger partial charge is 0.319 e. The molecule has 0 radical (unpaired) electrons. The van der Waals surface area contributed by atoms with Gasteiger partial charge in [-0.25, -0.2) is 9.67 Å². The fourth-order valence-electron chi connectivity index (χ4n) is 2.87. The normalized spacial score (nSPS) is 10.7. The fourth-order valence-corrected chi connectivity index (χ4v) is 3.16. The van der Waals surface area contributed by atoms with Gasteiger partial charge in [0.1, 0.15) is 0 Å². The summed E-state index contributed by atoms with van der Waals surface area (Å²) >= 11 is 12.2. The lowest BCUT2D eigenvalue weighted by molar-refractivity contribution is 0.101. The molecule has 1 amide bonds. The summed E-state index contributed by atoms with van der Waals surface area (Å²) in [5.74, 6) is 0.187. The highest BCUT2D eigenvalue weighted by Crippen LogP contribution is 2.27. The number of nitrogens with one attached hydrogen (secondary N) is 1. The van der Waals surface area contributed by atoms with Crippen LogP contribution in [-0.4, -0.2) is 20.7 Å². The molecule has 0 bridgehead atoms. The summed E-state index contributed by atoms with van der Waals surface area (Å²) < 4.78 is 1.59. The fraction of sp³-hybridized carbons (Fsp3) is 0.0455. The van der Waals surface area contributed by atoms with Crippen LogP contribution in [0.1, 0.15) is 16.2 Å². The Morgan fingerprint density at radius 2 is 1.66 bits per heavy atom. The Hall–Kier alpha value is -3.15. The second-order valence-electron chi connectivity index (χ2n) is 6.40. The molecular formula is C22H16Cl2N4O. The van der Waals surface area contributed by atoms with Crippen LogP contribution in [0.3, 0.4) is 0 Å². The van der Waals surface area contributed by atoms with Gasteiger partial charge in [0.15, 0.2) is 5.82 Å². The van der Waals surface area contributed by atoms with Crippen LogP contribution in [0.15, 0.2) is 72.8 Å². The van der Waals surface area contributed by atoms with Gasteiger partial charge in [0.05, 0.1) is 15.7 Å². The third kappa shape index (κ3) is 4.01. The Balaban J connectivity index is 1.78. The highest BCUT2D eigenvalue weighted by Gasteiger charge is 2.19. The van der Waals surface area contributed by atoms with Crippen molar-refractivity contribution in [3.63, 3.8) is 0 Å². The van der Waals surface area contributed by atoms with E-state index in [4.69, 9.17) is 23.2 Å². The van der Waals surface area contributed by atoms with Gasteiger partial charge in [-0.1, -0.05) is 71.7 Å². The first-order valence-corrected chi connectivity index (χ1v) is 9.63. The van der Waals surface area contributed by atoms with Crippen molar-refractivity contribution in [1.82, 2.24) is 14.8 Å². The summed E-state index contributed by atoms with van der Waals surface area (Å²) in [4.78, 5) is 17.3. The van der Waals surface area contributed by atoms with E-state index in [9.17, 15) is 4.79 Å². The highest BCUT2D eigenvalue weighted by atomic mass is 35.5. The SMILES string of the molecule is Cc1ccccc1NC(=O)c1nc(-c2ccccc2)n(-c2ccc(Cl)c(Cl)c2)n1. The van der Waals surface area contributed by atoms with Crippen molar-refractivity contribution in [3.05, 3.63) is 94.2 Å². The third-order valence-electron chi connectivity index (χ3n) is 4.38. The zero-order valence-corrected chi connectivity index (χ0v) is 16.9. The van der Waals surface area contributed by atoms with Gasteiger partial charge in [0.25, 0.3) is 5.91 Å². The number of amides is 1. The number of carbonyl (C=O) groups excluding carboxylic acids is 1. The van der Waals surface area contributed by atoms with Crippen LogP contribution in [0, 0.1) is 6.92 Å². The van der Waals surface area contributed by atoms with Crippen molar-refractivity contribution in [2.24, 2.45) is 0 Å². The van der Waals surface area contributed by atoms with E-state index >= 15 is 0 Å². The molecule has 1 heterocycles. The van der Waals surface area contributed by atoms with Gasteiger partial charge in [-0.2, -0.15) is 0 Å². The molecule has 144 valence electrons. The maximum absolute atomic E-state index is 12.8. The van der Waals surface area contributed by atoms with E-state index in [0.29, 0.717) is 27.2 Å². The van der Waals surface area contributed by atoms with E-state index in [1.54, 1.807) is 22.9 Å². The molecule has 0 atom stereocenters. The van der Waals surface area contributed by atoms with Crippen LogP contribution < -0.4 is 5.32 Å². The van der Waals surface area contributed by atoms with Crippen LogP contribution in [0.2, 0.25) is 10.0 Å². The molecule has 4 aromatic rings. The summed E-state index contributed by atoms with van der Waals surface area (Å²) in [6, 6.07) is 22.2. The number of hydrogen-bond donors (Lipinski definition) is 1. The monoisotopic (exact) mass is 422 g/mol. The van der Waals surface area contributed by atoms with Crippen LogP contribution in [0.4, 0.5) is 5.69 Å². The Labute approximate surface area is 177 Å². The zero-order valence-electron chi connectivity index (χ0n) is 15.4. The van der Waals surface area contributed by atoms with Crippen LogP contribution in [0.25, 0.3) is 17.1 Å². The number of benzene rings is 3. The zero-order chi connectivity index (χ0) is 20.4. The van der Waals surface area contributed by atoms with Gasteiger partial charge in [0, 0.05) is 11.3 Å². The molecule has 3 aromatic carbocycles. The molecule has 4 rings (SSSR count). The molecule has 0 saturated carbocycles. The first kappa shape index (κ1) is 19.2. The van der Waals surface area contributed by atoms with Crippen molar-refractivity contribution in [3.8, 4) is 17.1 Å². The molecule has 0 saturated heterocycles. The number of nitrogens with zero attached hydrogens (tertiary/aromatic N) is 3.